The van der Waals surface area contributed by atoms with Crippen LogP contribution in [0.1, 0.15) is 32.1 Å². The Morgan fingerprint density at radius 3 is 2.31 bits per heavy atom. The average molecular weight is 205 g/mol. The zero-order valence-corrected chi connectivity index (χ0v) is 8.46. The fraction of sp³-hybridized carbons (Fsp3) is 0.750. The predicted octanol–water partition coefficient (Wildman–Crippen LogP) is 1.56. The van der Waals surface area contributed by atoms with Crippen molar-refractivity contribution in [3.05, 3.63) is 12.0 Å². The second kappa shape index (κ2) is 4.27. The van der Waals surface area contributed by atoms with Crippen molar-refractivity contribution < 1.29 is 14.4 Å². The smallest absolute Gasteiger partial charge is 0.371 e. The molecule has 0 aromatic heterocycles. The molecule has 5 heteroatoms. The molecule has 0 aliphatic heterocycles. The lowest BCUT2D eigenvalue weighted by Crippen LogP contribution is -2.29. The van der Waals surface area contributed by atoms with Crippen molar-refractivity contribution in [3.63, 3.8) is 0 Å². The monoisotopic (exact) mass is 205 g/mol. The fourth-order valence-electron chi connectivity index (χ4n) is 1.57. The second-order valence-electron chi connectivity index (χ2n) is 3.47. The highest BCUT2D eigenvalue weighted by Gasteiger charge is 2.22. The van der Waals surface area contributed by atoms with Crippen LogP contribution in [0.2, 0.25) is 0 Å². The van der Waals surface area contributed by atoms with Crippen molar-refractivity contribution in [2.24, 2.45) is 0 Å². The van der Waals surface area contributed by atoms with Crippen molar-refractivity contribution in [1.82, 2.24) is 5.32 Å². The van der Waals surface area contributed by atoms with Crippen LogP contribution < -0.4 is 5.32 Å². The number of rotatable bonds is 3. The summed E-state index contributed by atoms with van der Waals surface area (Å²) in [6.07, 6.45) is 5.46. The van der Waals surface area contributed by atoms with Crippen molar-refractivity contribution in [1.29, 1.82) is 0 Å². The van der Waals surface area contributed by atoms with E-state index in [0.29, 0.717) is 0 Å². The van der Waals surface area contributed by atoms with E-state index in [0.717, 1.165) is 25.7 Å². The molecule has 76 valence electrons. The number of nitrogens with one attached hydrogen (secondary N) is 1. The van der Waals surface area contributed by atoms with Gasteiger partial charge in [0.1, 0.15) is 5.44 Å². The van der Waals surface area contributed by atoms with Gasteiger partial charge in [-0.15, -0.1) is 0 Å². The molecular formula is C8H16NO3P. The van der Waals surface area contributed by atoms with Crippen molar-refractivity contribution in [2.45, 2.75) is 38.1 Å². The van der Waals surface area contributed by atoms with Gasteiger partial charge in [0.25, 0.3) is 0 Å². The third-order valence-corrected chi connectivity index (χ3v) is 3.16. The molecule has 1 saturated carbocycles. The molecule has 0 spiro atoms. The fourth-order valence-corrected chi connectivity index (χ4v) is 1.92. The van der Waals surface area contributed by atoms with Crippen LogP contribution in [0.3, 0.4) is 0 Å². The summed E-state index contributed by atoms with van der Waals surface area (Å²) in [5.74, 6) is 0. The molecule has 0 amide bonds. The highest BCUT2D eigenvalue weighted by atomic mass is 31.2. The van der Waals surface area contributed by atoms with Gasteiger partial charge in [0, 0.05) is 6.04 Å². The lowest BCUT2D eigenvalue weighted by atomic mass is 9.96. The average Bonchev–Trinajstić information content (AvgIpc) is 2.04. The van der Waals surface area contributed by atoms with Crippen LogP contribution in [0.15, 0.2) is 12.0 Å². The molecule has 0 aromatic rings. The van der Waals surface area contributed by atoms with E-state index in [-0.39, 0.29) is 11.5 Å². The molecule has 0 heterocycles. The first kappa shape index (κ1) is 10.8. The Bertz CT molecular complexity index is 230. The minimum atomic E-state index is -4.13. The maximum absolute atomic E-state index is 10.7. The maximum atomic E-state index is 10.7. The molecule has 0 radical (unpaired) electrons. The van der Waals surface area contributed by atoms with E-state index in [2.05, 4.69) is 11.9 Å². The quantitative estimate of drug-likeness (QED) is 0.611. The molecule has 0 atom stereocenters. The van der Waals surface area contributed by atoms with Crippen LogP contribution in [-0.2, 0) is 4.57 Å². The maximum Gasteiger partial charge on any atom is 0.371 e. The van der Waals surface area contributed by atoms with Gasteiger partial charge in [-0.25, -0.2) is 0 Å². The molecule has 4 nitrogen and oxygen atoms in total. The van der Waals surface area contributed by atoms with Gasteiger partial charge in [0.15, 0.2) is 0 Å². The zero-order valence-electron chi connectivity index (χ0n) is 7.57. The molecular weight excluding hydrogens is 189 g/mol. The summed E-state index contributed by atoms with van der Waals surface area (Å²) >= 11 is 0. The van der Waals surface area contributed by atoms with E-state index in [1.54, 1.807) is 0 Å². The standard InChI is InChI=1S/C8H16NO3P/c1-7(13(10,11)12)9-8-5-3-2-4-6-8/h8-9H,1-6H2,(H2,10,11,12). The third-order valence-electron chi connectivity index (χ3n) is 2.33. The molecule has 1 aliphatic carbocycles. The Kier molecular flexibility index (Phi) is 3.54. The van der Waals surface area contributed by atoms with E-state index in [1.165, 1.54) is 6.42 Å². The zero-order chi connectivity index (χ0) is 9.90. The van der Waals surface area contributed by atoms with Gasteiger partial charge in [-0.3, -0.25) is 4.57 Å². The van der Waals surface area contributed by atoms with E-state index in [4.69, 9.17) is 9.79 Å². The summed E-state index contributed by atoms with van der Waals surface area (Å²) in [4.78, 5) is 17.5. The highest BCUT2D eigenvalue weighted by molar-refractivity contribution is 7.56. The molecule has 1 fully saturated rings. The van der Waals surface area contributed by atoms with Gasteiger partial charge >= 0.3 is 7.60 Å². The highest BCUT2D eigenvalue weighted by Crippen LogP contribution is 2.42. The minimum absolute atomic E-state index is 0.139. The molecule has 1 aliphatic rings. The first-order valence-corrected chi connectivity index (χ1v) is 6.13. The molecule has 0 saturated heterocycles. The van der Waals surface area contributed by atoms with Gasteiger partial charge in [-0.05, 0) is 12.8 Å². The van der Waals surface area contributed by atoms with E-state index < -0.39 is 7.60 Å². The largest absolute Gasteiger partial charge is 0.376 e. The molecule has 0 unspecified atom stereocenters. The van der Waals surface area contributed by atoms with Gasteiger partial charge in [-0.2, -0.15) is 0 Å². The molecule has 13 heavy (non-hydrogen) atoms. The van der Waals surface area contributed by atoms with Crippen molar-refractivity contribution in [3.8, 4) is 0 Å². The Balaban J connectivity index is 2.39. The van der Waals surface area contributed by atoms with Crippen LogP contribution in [0.5, 0.6) is 0 Å². The van der Waals surface area contributed by atoms with Crippen molar-refractivity contribution in [2.75, 3.05) is 0 Å². The normalized spacial score (nSPS) is 19.8. The SMILES string of the molecule is C=C(NC1CCCCC1)P(=O)(O)O. The molecule has 0 bridgehead atoms. The lowest BCUT2D eigenvalue weighted by molar-refractivity contribution is 0.362. The van der Waals surface area contributed by atoms with Gasteiger partial charge < -0.3 is 15.1 Å². The van der Waals surface area contributed by atoms with E-state index >= 15 is 0 Å². The topological polar surface area (TPSA) is 69.6 Å². The Labute approximate surface area is 78.2 Å². The van der Waals surface area contributed by atoms with E-state index in [9.17, 15) is 4.57 Å². The van der Waals surface area contributed by atoms with Gasteiger partial charge in [-0.1, -0.05) is 25.8 Å². The van der Waals surface area contributed by atoms with Gasteiger partial charge in [0.05, 0.1) is 0 Å². The van der Waals surface area contributed by atoms with Crippen LogP contribution >= 0.6 is 7.60 Å². The molecule has 0 aromatic carbocycles. The summed E-state index contributed by atoms with van der Waals surface area (Å²) in [7, 11) is -4.13. The summed E-state index contributed by atoms with van der Waals surface area (Å²) in [5.41, 5.74) is -0.139. The Hall–Kier alpha value is -0.310. The van der Waals surface area contributed by atoms with Crippen LogP contribution in [0, 0.1) is 0 Å². The molecule has 1 rings (SSSR count). The second-order valence-corrected chi connectivity index (χ2v) is 5.10. The number of hydrogen-bond donors (Lipinski definition) is 3. The first-order valence-electron chi connectivity index (χ1n) is 4.51. The molecule has 3 N–H and O–H groups in total. The van der Waals surface area contributed by atoms with Crippen molar-refractivity contribution >= 4 is 7.60 Å². The summed E-state index contributed by atoms with van der Waals surface area (Å²) in [6, 6.07) is 0.203. The third kappa shape index (κ3) is 3.51. The summed E-state index contributed by atoms with van der Waals surface area (Å²) < 4.78 is 10.7. The summed E-state index contributed by atoms with van der Waals surface area (Å²) in [5, 5.41) is 2.80. The van der Waals surface area contributed by atoms with Crippen LogP contribution in [-0.4, -0.2) is 15.8 Å². The minimum Gasteiger partial charge on any atom is -0.376 e. The first-order chi connectivity index (χ1) is 6.00. The van der Waals surface area contributed by atoms with Gasteiger partial charge in [0.2, 0.25) is 0 Å². The summed E-state index contributed by atoms with van der Waals surface area (Å²) in [6.45, 7) is 3.35. The number of hydrogen-bond acceptors (Lipinski definition) is 2. The van der Waals surface area contributed by atoms with E-state index in [1.807, 2.05) is 0 Å². The van der Waals surface area contributed by atoms with Crippen LogP contribution in [0.25, 0.3) is 0 Å². The Morgan fingerprint density at radius 1 is 1.31 bits per heavy atom. The van der Waals surface area contributed by atoms with Crippen LogP contribution in [0.4, 0.5) is 0 Å². The Morgan fingerprint density at radius 2 is 1.85 bits per heavy atom. The predicted molar refractivity (Wildman–Crippen MR) is 51.2 cm³/mol. The lowest BCUT2D eigenvalue weighted by Gasteiger charge is -2.24.